The fraction of sp³-hybridized carbons (Fsp3) is 0.562. The molecule has 1 aromatic carbocycles. The van der Waals surface area contributed by atoms with Gasteiger partial charge in [-0.3, -0.25) is 4.79 Å². The second-order valence-electron chi connectivity index (χ2n) is 6.22. The number of halogens is 2. The van der Waals surface area contributed by atoms with Crippen LogP contribution in [-0.4, -0.2) is 23.4 Å². The second kappa shape index (κ2) is 6.32. The Kier molecular flexibility index (Phi) is 4.89. The maximum Gasteiger partial charge on any atom is 0.242 e. The molecule has 5 heteroatoms. The Morgan fingerprint density at radius 3 is 2.90 bits per heavy atom. The van der Waals surface area contributed by atoms with E-state index in [1.807, 2.05) is 0 Å². The molecule has 2 unspecified atom stereocenters. The lowest BCUT2D eigenvalue weighted by molar-refractivity contribution is -0.138. The Balaban J connectivity index is 2.12. The van der Waals surface area contributed by atoms with Crippen LogP contribution >= 0.6 is 11.6 Å². The molecule has 116 valence electrons. The number of likely N-dealkylation sites (N-methyl/N-ethyl adjacent to an activating group) is 1. The van der Waals surface area contributed by atoms with E-state index in [1.165, 1.54) is 11.0 Å². The van der Waals surface area contributed by atoms with Crippen LogP contribution in [0.25, 0.3) is 0 Å². The van der Waals surface area contributed by atoms with Crippen LogP contribution in [0.2, 0.25) is 5.02 Å². The van der Waals surface area contributed by atoms with Gasteiger partial charge in [0.05, 0.1) is 5.54 Å². The van der Waals surface area contributed by atoms with E-state index < -0.39 is 11.4 Å². The van der Waals surface area contributed by atoms with E-state index in [4.69, 9.17) is 17.3 Å². The quantitative estimate of drug-likeness (QED) is 0.930. The summed E-state index contributed by atoms with van der Waals surface area (Å²) >= 11 is 6.01. The van der Waals surface area contributed by atoms with Crippen LogP contribution in [0.15, 0.2) is 18.2 Å². The van der Waals surface area contributed by atoms with Gasteiger partial charge in [0, 0.05) is 24.2 Å². The van der Waals surface area contributed by atoms with E-state index >= 15 is 0 Å². The normalized spacial score (nSPS) is 25.7. The molecule has 1 amide bonds. The maximum atomic E-state index is 13.8. The van der Waals surface area contributed by atoms with Gasteiger partial charge in [0.2, 0.25) is 5.91 Å². The van der Waals surface area contributed by atoms with Crippen molar-refractivity contribution in [3.63, 3.8) is 0 Å². The minimum atomic E-state index is -0.829. The van der Waals surface area contributed by atoms with Gasteiger partial charge in [0.1, 0.15) is 5.82 Å². The number of carbonyl (C=O) groups excluding carboxylic acids is 1. The molecule has 1 saturated carbocycles. The zero-order chi connectivity index (χ0) is 15.6. The SMILES string of the molecule is CC1CCCC(N)(C(=O)N(C)Cc2c(F)cccc2Cl)C1. The van der Waals surface area contributed by atoms with Gasteiger partial charge >= 0.3 is 0 Å². The van der Waals surface area contributed by atoms with Gasteiger partial charge in [-0.1, -0.05) is 37.4 Å². The molecule has 0 heterocycles. The Morgan fingerprint density at radius 2 is 2.29 bits per heavy atom. The Morgan fingerprint density at radius 1 is 1.57 bits per heavy atom. The highest BCUT2D eigenvalue weighted by Crippen LogP contribution is 2.32. The van der Waals surface area contributed by atoms with Crippen LogP contribution in [0.4, 0.5) is 4.39 Å². The molecule has 21 heavy (non-hydrogen) atoms. The molecule has 0 aromatic heterocycles. The zero-order valence-electron chi connectivity index (χ0n) is 12.5. The van der Waals surface area contributed by atoms with Gasteiger partial charge in [-0.05, 0) is 30.9 Å². The molecule has 3 nitrogen and oxygen atoms in total. The van der Waals surface area contributed by atoms with Gasteiger partial charge in [0.15, 0.2) is 0 Å². The summed E-state index contributed by atoms with van der Waals surface area (Å²) in [6.07, 6.45) is 3.43. The first-order valence-corrected chi connectivity index (χ1v) is 7.68. The first-order chi connectivity index (χ1) is 9.83. The van der Waals surface area contributed by atoms with Crippen molar-refractivity contribution in [1.82, 2.24) is 4.90 Å². The van der Waals surface area contributed by atoms with E-state index in [9.17, 15) is 9.18 Å². The topological polar surface area (TPSA) is 46.3 Å². The summed E-state index contributed by atoms with van der Waals surface area (Å²) in [4.78, 5) is 14.1. The number of hydrogen-bond donors (Lipinski definition) is 1. The third-order valence-corrected chi connectivity index (χ3v) is 4.62. The average molecular weight is 313 g/mol. The fourth-order valence-corrected chi connectivity index (χ4v) is 3.38. The molecular weight excluding hydrogens is 291 g/mol. The number of benzene rings is 1. The molecule has 0 spiro atoms. The molecule has 1 fully saturated rings. The van der Waals surface area contributed by atoms with Crippen LogP contribution in [0.3, 0.4) is 0 Å². The minimum Gasteiger partial charge on any atom is -0.340 e. The lowest BCUT2D eigenvalue weighted by Gasteiger charge is -2.38. The number of amides is 1. The first kappa shape index (κ1) is 16.2. The predicted molar refractivity (Wildman–Crippen MR) is 82.4 cm³/mol. The van der Waals surface area contributed by atoms with E-state index in [2.05, 4.69) is 6.92 Å². The number of nitrogens with two attached hydrogens (primary N) is 1. The first-order valence-electron chi connectivity index (χ1n) is 7.31. The van der Waals surface area contributed by atoms with E-state index in [0.717, 1.165) is 12.8 Å². The number of hydrogen-bond acceptors (Lipinski definition) is 2. The predicted octanol–water partition coefficient (Wildman–Crippen LogP) is 3.35. The molecule has 1 aliphatic rings. The highest BCUT2D eigenvalue weighted by atomic mass is 35.5. The summed E-state index contributed by atoms with van der Waals surface area (Å²) in [5.74, 6) is -0.0863. The number of carbonyl (C=O) groups is 1. The van der Waals surface area contributed by atoms with Crippen molar-refractivity contribution in [3.05, 3.63) is 34.6 Å². The van der Waals surface area contributed by atoms with E-state index in [-0.39, 0.29) is 12.5 Å². The van der Waals surface area contributed by atoms with E-state index in [0.29, 0.717) is 29.3 Å². The van der Waals surface area contributed by atoms with Gasteiger partial charge in [-0.2, -0.15) is 0 Å². The third-order valence-electron chi connectivity index (χ3n) is 4.26. The van der Waals surface area contributed by atoms with Crippen molar-refractivity contribution < 1.29 is 9.18 Å². The summed E-state index contributed by atoms with van der Waals surface area (Å²) in [5, 5.41) is 0.331. The molecule has 0 saturated heterocycles. The summed E-state index contributed by atoms with van der Waals surface area (Å²) in [5.41, 5.74) is 5.81. The minimum absolute atomic E-state index is 0.131. The van der Waals surface area contributed by atoms with Crippen LogP contribution in [0.1, 0.15) is 38.2 Å². The molecule has 0 radical (unpaired) electrons. The van der Waals surface area contributed by atoms with Crippen molar-refractivity contribution >= 4 is 17.5 Å². The smallest absolute Gasteiger partial charge is 0.242 e. The molecule has 2 rings (SSSR count). The van der Waals surface area contributed by atoms with Gasteiger partial charge < -0.3 is 10.6 Å². The monoisotopic (exact) mass is 312 g/mol. The van der Waals surface area contributed by atoms with Crippen molar-refractivity contribution in [2.75, 3.05) is 7.05 Å². The van der Waals surface area contributed by atoms with Crippen LogP contribution in [0, 0.1) is 11.7 Å². The molecular formula is C16H22ClFN2O. The fourth-order valence-electron chi connectivity index (χ4n) is 3.16. The Hall–Kier alpha value is -1.13. The number of nitrogens with zero attached hydrogens (tertiary/aromatic N) is 1. The molecule has 2 N–H and O–H groups in total. The third kappa shape index (κ3) is 3.55. The van der Waals surface area contributed by atoms with Crippen molar-refractivity contribution in [2.45, 2.75) is 44.7 Å². The van der Waals surface area contributed by atoms with Crippen molar-refractivity contribution in [2.24, 2.45) is 11.7 Å². The molecule has 0 aliphatic heterocycles. The van der Waals surface area contributed by atoms with Crippen LogP contribution < -0.4 is 5.73 Å². The highest BCUT2D eigenvalue weighted by Gasteiger charge is 2.39. The van der Waals surface area contributed by atoms with Crippen LogP contribution in [-0.2, 0) is 11.3 Å². The summed E-state index contributed by atoms with van der Waals surface area (Å²) in [7, 11) is 1.65. The average Bonchev–Trinajstić information content (AvgIpc) is 2.41. The Bertz CT molecular complexity index is 517. The highest BCUT2D eigenvalue weighted by molar-refractivity contribution is 6.31. The van der Waals surface area contributed by atoms with Crippen LogP contribution in [0.5, 0.6) is 0 Å². The molecule has 1 aliphatic carbocycles. The number of rotatable bonds is 3. The molecule has 1 aromatic rings. The second-order valence-corrected chi connectivity index (χ2v) is 6.63. The lowest BCUT2D eigenvalue weighted by Crippen LogP contribution is -2.56. The lowest BCUT2D eigenvalue weighted by atomic mass is 9.76. The zero-order valence-corrected chi connectivity index (χ0v) is 13.3. The summed E-state index contributed by atoms with van der Waals surface area (Å²) < 4.78 is 13.8. The van der Waals surface area contributed by atoms with Gasteiger partial charge in [-0.25, -0.2) is 4.39 Å². The maximum absolute atomic E-state index is 13.8. The molecule has 2 atom stereocenters. The molecule has 0 bridgehead atoms. The Labute approximate surface area is 130 Å². The summed E-state index contributed by atoms with van der Waals surface area (Å²) in [6.45, 7) is 2.25. The van der Waals surface area contributed by atoms with Gasteiger partial charge in [-0.15, -0.1) is 0 Å². The van der Waals surface area contributed by atoms with Crippen molar-refractivity contribution in [1.29, 1.82) is 0 Å². The van der Waals surface area contributed by atoms with Gasteiger partial charge in [0.25, 0.3) is 0 Å². The van der Waals surface area contributed by atoms with E-state index in [1.54, 1.807) is 19.2 Å². The summed E-state index contributed by atoms with van der Waals surface area (Å²) in [6, 6.07) is 4.52. The largest absolute Gasteiger partial charge is 0.340 e. The van der Waals surface area contributed by atoms with Crippen molar-refractivity contribution in [3.8, 4) is 0 Å². The standard InChI is InChI=1S/C16H22ClFN2O/c1-11-5-4-8-16(19,9-11)15(21)20(2)10-12-13(17)6-3-7-14(12)18/h3,6-7,11H,4-5,8-10,19H2,1-2H3.